The van der Waals surface area contributed by atoms with E-state index in [4.69, 9.17) is 15.2 Å². The van der Waals surface area contributed by atoms with Gasteiger partial charge in [-0.3, -0.25) is 4.79 Å². The highest BCUT2D eigenvalue weighted by molar-refractivity contribution is 5.79. The molecule has 106 valence electrons. The molecule has 3 unspecified atom stereocenters. The van der Waals surface area contributed by atoms with Crippen LogP contribution in [0.3, 0.4) is 0 Å². The fourth-order valence-electron chi connectivity index (χ4n) is 2.33. The molecule has 5 heteroatoms. The van der Waals surface area contributed by atoms with Crippen LogP contribution in [0.4, 0.5) is 0 Å². The van der Waals surface area contributed by atoms with Gasteiger partial charge in [-0.15, -0.1) is 0 Å². The number of ether oxygens (including phenoxy) is 2. The van der Waals surface area contributed by atoms with E-state index in [9.17, 15) is 4.79 Å². The van der Waals surface area contributed by atoms with E-state index >= 15 is 0 Å². The van der Waals surface area contributed by atoms with Gasteiger partial charge in [0, 0.05) is 19.7 Å². The Morgan fingerprint density at radius 3 is 2.83 bits per heavy atom. The van der Waals surface area contributed by atoms with E-state index in [1.165, 1.54) is 0 Å². The first-order valence-corrected chi connectivity index (χ1v) is 6.75. The fourth-order valence-corrected chi connectivity index (χ4v) is 2.33. The van der Waals surface area contributed by atoms with Crippen molar-refractivity contribution in [1.29, 1.82) is 0 Å². The van der Waals surface area contributed by atoms with Gasteiger partial charge in [0.1, 0.15) is 0 Å². The van der Waals surface area contributed by atoms with E-state index in [1.54, 1.807) is 7.11 Å². The Hall–Kier alpha value is -0.650. The normalized spacial score (nSPS) is 28.1. The number of carbonyl (C=O) groups excluding carboxylic acids is 1. The lowest BCUT2D eigenvalue weighted by Gasteiger charge is -2.31. The van der Waals surface area contributed by atoms with Crippen molar-refractivity contribution in [3.8, 4) is 0 Å². The molecule has 0 bridgehead atoms. The molecule has 1 amide bonds. The largest absolute Gasteiger partial charge is 0.382 e. The van der Waals surface area contributed by atoms with Crippen LogP contribution in [0.15, 0.2) is 0 Å². The van der Waals surface area contributed by atoms with Gasteiger partial charge in [0.15, 0.2) is 0 Å². The van der Waals surface area contributed by atoms with Gasteiger partial charge in [-0.1, -0.05) is 6.92 Å². The predicted molar refractivity (Wildman–Crippen MR) is 70.2 cm³/mol. The lowest BCUT2D eigenvalue weighted by atomic mass is 9.79. The first kappa shape index (κ1) is 15.4. The maximum atomic E-state index is 12.0. The van der Waals surface area contributed by atoms with E-state index < -0.39 is 0 Å². The highest BCUT2D eigenvalue weighted by atomic mass is 16.5. The Kier molecular flexibility index (Phi) is 7.23. The molecule has 3 atom stereocenters. The quantitative estimate of drug-likeness (QED) is 0.653. The van der Waals surface area contributed by atoms with Gasteiger partial charge in [-0.2, -0.15) is 0 Å². The Bertz CT molecular complexity index is 248. The molecule has 1 aliphatic rings. The van der Waals surface area contributed by atoms with Crippen LogP contribution in [0.25, 0.3) is 0 Å². The predicted octanol–water partition coefficient (Wildman–Crippen LogP) is 0.529. The number of methoxy groups -OCH3 is 1. The van der Waals surface area contributed by atoms with Crippen LogP contribution < -0.4 is 11.1 Å². The summed E-state index contributed by atoms with van der Waals surface area (Å²) in [6.07, 6.45) is 2.98. The fraction of sp³-hybridized carbons (Fsp3) is 0.923. The molecule has 18 heavy (non-hydrogen) atoms. The van der Waals surface area contributed by atoms with Gasteiger partial charge in [-0.25, -0.2) is 0 Å². The molecule has 3 N–H and O–H groups in total. The first-order valence-electron chi connectivity index (χ1n) is 6.75. The average molecular weight is 258 g/mol. The lowest BCUT2D eigenvalue weighted by molar-refractivity contribution is -0.127. The van der Waals surface area contributed by atoms with Gasteiger partial charge in [-0.05, 0) is 25.2 Å². The van der Waals surface area contributed by atoms with Crippen LogP contribution >= 0.6 is 0 Å². The highest BCUT2D eigenvalue weighted by Gasteiger charge is 2.31. The van der Waals surface area contributed by atoms with Crippen molar-refractivity contribution >= 4 is 5.91 Å². The summed E-state index contributed by atoms with van der Waals surface area (Å²) >= 11 is 0. The van der Waals surface area contributed by atoms with Gasteiger partial charge >= 0.3 is 0 Å². The number of hydrogen-bond acceptors (Lipinski definition) is 4. The molecule has 0 saturated heterocycles. The Morgan fingerprint density at radius 2 is 2.11 bits per heavy atom. The van der Waals surface area contributed by atoms with Crippen molar-refractivity contribution < 1.29 is 14.3 Å². The summed E-state index contributed by atoms with van der Waals surface area (Å²) in [7, 11) is 1.64. The first-order chi connectivity index (χ1) is 8.65. The van der Waals surface area contributed by atoms with Crippen molar-refractivity contribution in [2.24, 2.45) is 17.6 Å². The van der Waals surface area contributed by atoms with Gasteiger partial charge in [0.05, 0.1) is 25.7 Å². The minimum atomic E-state index is -0.0345. The Labute approximate surface area is 109 Å². The number of carbonyl (C=O) groups is 1. The summed E-state index contributed by atoms with van der Waals surface area (Å²) in [5.41, 5.74) is 6.00. The van der Waals surface area contributed by atoms with Crippen molar-refractivity contribution in [3.63, 3.8) is 0 Å². The monoisotopic (exact) mass is 258 g/mol. The summed E-state index contributed by atoms with van der Waals surface area (Å²) in [4.78, 5) is 12.0. The zero-order valence-corrected chi connectivity index (χ0v) is 11.5. The molecule has 5 nitrogen and oxygen atoms in total. The minimum Gasteiger partial charge on any atom is -0.382 e. The smallest absolute Gasteiger partial charge is 0.224 e. The Morgan fingerprint density at radius 1 is 1.33 bits per heavy atom. The molecule has 0 aromatic rings. The van der Waals surface area contributed by atoms with E-state index in [0.717, 1.165) is 19.3 Å². The van der Waals surface area contributed by atoms with Crippen LogP contribution in [0, 0.1) is 11.8 Å². The van der Waals surface area contributed by atoms with Gasteiger partial charge < -0.3 is 20.5 Å². The topological polar surface area (TPSA) is 73.6 Å². The van der Waals surface area contributed by atoms with E-state index in [2.05, 4.69) is 12.2 Å². The van der Waals surface area contributed by atoms with Crippen LogP contribution in [0.2, 0.25) is 0 Å². The second-order valence-corrected chi connectivity index (χ2v) is 5.08. The van der Waals surface area contributed by atoms with E-state index in [0.29, 0.717) is 32.3 Å². The average Bonchev–Trinajstić information content (AvgIpc) is 2.36. The molecule has 1 fully saturated rings. The number of nitrogens with one attached hydrogen (secondary N) is 1. The van der Waals surface area contributed by atoms with Crippen molar-refractivity contribution in [2.45, 2.75) is 32.2 Å². The summed E-state index contributed by atoms with van der Waals surface area (Å²) in [6, 6.07) is 0.00982. The van der Waals surface area contributed by atoms with Crippen LogP contribution in [0.1, 0.15) is 26.2 Å². The van der Waals surface area contributed by atoms with Crippen LogP contribution in [0.5, 0.6) is 0 Å². The minimum absolute atomic E-state index is 0.00982. The molecule has 0 radical (unpaired) electrons. The van der Waals surface area contributed by atoms with Gasteiger partial charge in [0.25, 0.3) is 0 Å². The molecule has 0 spiro atoms. The highest BCUT2D eigenvalue weighted by Crippen LogP contribution is 2.27. The summed E-state index contributed by atoms with van der Waals surface area (Å²) in [6.45, 7) is 4.39. The molecular formula is C13H26N2O3. The summed E-state index contributed by atoms with van der Waals surface area (Å²) in [5, 5.41) is 2.90. The Balaban J connectivity index is 2.15. The lowest BCUT2D eigenvalue weighted by Crippen LogP contribution is -2.45. The number of nitrogens with two attached hydrogens (primary N) is 1. The third-order valence-corrected chi connectivity index (χ3v) is 3.48. The molecular weight excluding hydrogens is 232 g/mol. The van der Waals surface area contributed by atoms with Gasteiger partial charge in [0.2, 0.25) is 5.91 Å². The van der Waals surface area contributed by atoms with E-state index in [1.807, 2.05) is 0 Å². The molecule has 0 aliphatic heterocycles. The maximum Gasteiger partial charge on any atom is 0.224 e. The number of hydrogen-bond donors (Lipinski definition) is 2. The van der Waals surface area contributed by atoms with Crippen LogP contribution in [-0.2, 0) is 14.3 Å². The molecule has 0 heterocycles. The molecule has 1 saturated carbocycles. The molecule has 1 rings (SSSR count). The standard InChI is InChI=1S/C13H26N2O3/c1-10-3-4-12(14)11(9-10)13(16)15-5-6-18-8-7-17-2/h10-12H,3-9,14H2,1-2H3,(H,15,16). The number of rotatable bonds is 7. The number of amides is 1. The van der Waals surface area contributed by atoms with Crippen LogP contribution in [-0.4, -0.2) is 45.4 Å². The second-order valence-electron chi connectivity index (χ2n) is 5.08. The summed E-state index contributed by atoms with van der Waals surface area (Å²) in [5.74, 6) is 0.635. The zero-order chi connectivity index (χ0) is 13.4. The third kappa shape index (κ3) is 5.33. The molecule has 1 aliphatic carbocycles. The van der Waals surface area contributed by atoms with Crippen molar-refractivity contribution in [3.05, 3.63) is 0 Å². The second kappa shape index (κ2) is 8.45. The summed E-state index contributed by atoms with van der Waals surface area (Å²) < 4.78 is 10.2. The SMILES string of the molecule is COCCOCCNC(=O)C1CC(C)CCC1N. The molecule has 0 aromatic heterocycles. The van der Waals surface area contributed by atoms with E-state index in [-0.39, 0.29) is 17.9 Å². The van der Waals surface area contributed by atoms with Crippen molar-refractivity contribution in [1.82, 2.24) is 5.32 Å². The third-order valence-electron chi connectivity index (χ3n) is 3.48. The maximum absolute atomic E-state index is 12.0. The van der Waals surface area contributed by atoms with Crippen molar-refractivity contribution in [2.75, 3.05) is 33.5 Å². The molecule has 0 aromatic carbocycles. The zero-order valence-electron chi connectivity index (χ0n) is 11.5.